The highest BCUT2D eigenvalue weighted by Gasteiger charge is 2.33. The van der Waals surface area contributed by atoms with Crippen LogP contribution in [-0.2, 0) is 16.1 Å². The second kappa shape index (κ2) is 11.5. The number of aromatic nitrogens is 2. The van der Waals surface area contributed by atoms with E-state index in [1.54, 1.807) is 44.6 Å². The Kier molecular flexibility index (Phi) is 7.58. The van der Waals surface area contributed by atoms with Crippen molar-refractivity contribution in [2.45, 2.75) is 39.5 Å². The van der Waals surface area contributed by atoms with Crippen LogP contribution in [0.2, 0.25) is 0 Å². The minimum absolute atomic E-state index is 0.248. The van der Waals surface area contributed by atoms with Crippen molar-refractivity contribution in [3.63, 3.8) is 0 Å². The number of nitrogens with zero attached hydrogens (tertiary/aromatic N) is 3. The van der Waals surface area contributed by atoms with Gasteiger partial charge >= 0.3 is 5.97 Å². The molecule has 0 aliphatic carbocycles. The molecule has 0 unspecified atom stereocenters. The molecule has 9 heteroatoms. The zero-order valence-corrected chi connectivity index (χ0v) is 25.0. The topological polar surface area (TPSA) is 74.8 Å². The number of halogens is 1. The average Bonchev–Trinajstić information content (AvgIpc) is 3.49. The van der Waals surface area contributed by atoms with Crippen LogP contribution < -0.4 is 19.6 Å². The van der Waals surface area contributed by atoms with E-state index < -0.39 is 12.0 Å². The molecule has 0 saturated carbocycles. The van der Waals surface area contributed by atoms with Crippen LogP contribution in [0.15, 0.2) is 100 Å². The van der Waals surface area contributed by atoms with Crippen molar-refractivity contribution < 1.29 is 18.7 Å². The van der Waals surface area contributed by atoms with Crippen LogP contribution in [0.25, 0.3) is 17.0 Å². The number of hydrogen-bond donors (Lipinski definition) is 0. The summed E-state index contributed by atoms with van der Waals surface area (Å²) in [5.41, 5.74) is 4.17. The number of esters is 1. The highest BCUT2D eigenvalue weighted by Crippen LogP contribution is 2.32. The van der Waals surface area contributed by atoms with Gasteiger partial charge in [-0.05, 0) is 68.3 Å². The molecule has 3 heterocycles. The van der Waals surface area contributed by atoms with Gasteiger partial charge in [0.05, 0.1) is 35.1 Å². The SMILES string of the molecule is COc1ccc([C@H]2C(C(=O)OC(C)C)=C(C)N=c3s/c(=C/c4cn(Cc5ccc(F)cc5)c5ccccc45)c(=O)n32)cc1. The zero-order valence-electron chi connectivity index (χ0n) is 24.2. The number of fused-ring (bicyclic) bond motifs is 2. The third-order valence-electron chi connectivity index (χ3n) is 7.39. The van der Waals surface area contributed by atoms with Gasteiger partial charge < -0.3 is 14.0 Å². The van der Waals surface area contributed by atoms with Gasteiger partial charge in [0.25, 0.3) is 5.56 Å². The van der Waals surface area contributed by atoms with Crippen molar-refractivity contribution >= 4 is 34.3 Å². The van der Waals surface area contributed by atoms with Gasteiger partial charge in [0.1, 0.15) is 11.6 Å². The van der Waals surface area contributed by atoms with E-state index in [0.29, 0.717) is 32.9 Å². The Balaban J connectivity index is 1.50. The number of carbonyl (C=O) groups is 1. The number of carbonyl (C=O) groups excluding carboxylic acids is 1. The van der Waals surface area contributed by atoms with Crippen LogP contribution >= 0.6 is 11.3 Å². The highest BCUT2D eigenvalue weighted by atomic mass is 32.1. The fourth-order valence-corrected chi connectivity index (χ4v) is 6.45. The van der Waals surface area contributed by atoms with Crippen LogP contribution in [0, 0.1) is 5.82 Å². The molecule has 5 aromatic rings. The van der Waals surface area contributed by atoms with Gasteiger partial charge in [-0.25, -0.2) is 14.2 Å². The van der Waals surface area contributed by atoms with Gasteiger partial charge in [-0.1, -0.05) is 53.8 Å². The lowest BCUT2D eigenvalue weighted by Gasteiger charge is -2.25. The number of para-hydroxylation sites is 1. The second-order valence-electron chi connectivity index (χ2n) is 10.7. The summed E-state index contributed by atoms with van der Waals surface area (Å²) in [6, 6.07) is 21.0. The lowest BCUT2D eigenvalue weighted by Crippen LogP contribution is -2.40. The molecule has 3 aromatic carbocycles. The number of benzene rings is 3. The monoisotopic (exact) mass is 595 g/mol. The first-order chi connectivity index (χ1) is 20.7. The van der Waals surface area contributed by atoms with E-state index in [2.05, 4.69) is 4.57 Å². The quantitative estimate of drug-likeness (QED) is 0.238. The summed E-state index contributed by atoms with van der Waals surface area (Å²) in [7, 11) is 1.59. The van der Waals surface area contributed by atoms with Gasteiger partial charge in [-0.15, -0.1) is 0 Å². The third-order valence-corrected chi connectivity index (χ3v) is 8.37. The summed E-state index contributed by atoms with van der Waals surface area (Å²) in [5, 5.41) is 0.986. The largest absolute Gasteiger partial charge is 0.497 e. The molecule has 2 aromatic heterocycles. The van der Waals surface area contributed by atoms with Crippen molar-refractivity contribution in [1.82, 2.24) is 9.13 Å². The van der Waals surface area contributed by atoms with Gasteiger partial charge in [-0.2, -0.15) is 0 Å². The van der Waals surface area contributed by atoms with E-state index in [-0.39, 0.29) is 17.5 Å². The maximum atomic E-state index is 14.1. The zero-order chi connectivity index (χ0) is 30.2. The number of thiazole rings is 1. The van der Waals surface area contributed by atoms with Crippen molar-refractivity contribution in [2.75, 3.05) is 7.11 Å². The number of hydrogen-bond acceptors (Lipinski definition) is 6. The maximum absolute atomic E-state index is 14.1. The minimum atomic E-state index is -0.713. The van der Waals surface area contributed by atoms with E-state index >= 15 is 0 Å². The molecule has 218 valence electrons. The molecule has 0 saturated heterocycles. The summed E-state index contributed by atoms with van der Waals surface area (Å²) in [4.78, 5) is 32.7. The summed E-state index contributed by atoms with van der Waals surface area (Å²) in [6.07, 6.45) is 3.55. The second-order valence-corrected chi connectivity index (χ2v) is 11.7. The number of allylic oxidation sites excluding steroid dienone is 1. The summed E-state index contributed by atoms with van der Waals surface area (Å²) in [5.74, 6) is -0.114. The molecule has 1 atom stereocenters. The Morgan fingerprint density at radius 1 is 1.07 bits per heavy atom. The minimum Gasteiger partial charge on any atom is -0.497 e. The lowest BCUT2D eigenvalue weighted by atomic mass is 9.96. The number of rotatable bonds is 7. The van der Waals surface area contributed by atoms with E-state index in [1.807, 2.05) is 60.8 Å². The summed E-state index contributed by atoms with van der Waals surface area (Å²) in [6.45, 7) is 5.90. The smallest absolute Gasteiger partial charge is 0.338 e. The third kappa shape index (κ3) is 5.44. The van der Waals surface area contributed by atoms with Crippen molar-refractivity contribution in [3.8, 4) is 5.75 Å². The Morgan fingerprint density at radius 3 is 2.49 bits per heavy atom. The van der Waals surface area contributed by atoms with Gasteiger partial charge in [0.15, 0.2) is 4.80 Å². The average molecular weight is 596 g/mol. The normalized spacial score (nSPS) is 15.1. The maximum Gasteiger partial charge on any atom is 0.338 e. The molecule has 0 bridgehead atoms. The van der Waals surface area contributed by atoms with Crippen LogP contribution in [0.5, 0.6) is 5.75 Å². The summed E-state index contributed by atoms with van der Waals surface area (Å²) < 4.78 is 28.6. The van der Waals surface area contributed by atoms with Crippen LogP contribution in [0.3, 0.4) is 0 Å². The predicted octanol–water partition coefficient (Wildman–Crippen LogP) is 5.34. The van der Waals surface area contributed by atoms with Gasteiger partial charge in [-0.3, -0.25) is 9.36 Å². The highest BCUT2D eigenvalue weighted by molar-refractivity contribution is 7.07. The first-order valence-electron chi connectivity index (χ1n) is 13.9. The fourth-order valence-electron chi connectivity index (χ4n) is 5.41. The Labute approximate surface area is 251 Å². The van der Waals surface area contributed by atoms with Crippen molar-refractivity contribution in [3.05, 3.63) is 132 Å². The number of methoxy groups -OCH3 is 1. The van der Waals surface area contributed by atoms with Gasteiger partial charge in [0.2, 0.25) is 0 Å². The van der Waals surface area contributed by atoms with Gasteiger partial charge in [0, 0.05) is 29.2 Å². The molecule has 7 nitrogen and oxygen atoms in total. The molecule has 0 radical (unpaired) electrons. The molecular weight excluding hydrogens is 565 g/mol. The van der Waals surface area contributed by atoms with E-state index in [9.17, 15) is 14.0 Å². The van der Waals surface area contributed by atoms with Crippen LogP contribution in [0.1, 0.15) is 43.5 Å². The van der Waals surface area contributed by atoms with Crippen molar-refractivity contribution in [1.29, 1.82) is 0 Å². The Hall–Kier alpha value is -4.76. The molecular formula is C34H30FN3O4S. The fraction of sp³-hybridized carbons (Fsp3) is 0.206. The molecule has 1 aliphatic rings. The first kappa shape index (κ1) is 28.4. The standard InChI is InChI=1S/C34H30FN3O4S/c1-20(2)42-33(40)30-21(3)36-34-38(31(30)23-11-15-26(41-4)16-12-23)32(39)29(43-34)17-24-19-37(28-8-6-5-7-27(24)28)18-22-9-13-25(35)14-10-22/h5-17,19-20,31H,18H2,1-4H3/b29-17+/t31-/m0/s1. The molecule has 43 heavy (non-hydrogen) atoms. The first-order valence-corrected chi connectivity index (χ1v) is 14.7. The van der Waals surface area contributed by atoms with Crippen molar-refractivity contribution in [2.24, 2.45) is 4.99 Å². The molecule has 1 aliphatic heterocycles. The van der Waals surface area contributed by atoms with E-state index in [0.717, 1.165) is 27.6 Å². The van der Waals surface area contributed by atoms with Crippen LogP contribution in [-0.4, -0.2) is 28.3 Å². The molecule has 0 amide bonds. The predicted molar refractivity (Wildman–Crippen MR) is 165 cm³/mol. The van der Waals surface area contributed by atoms with E-state index in [1.165, 1.54) is 23.5 Å². The van der Waals surface area contributed by atoms with E-state index in [4.69, 9.17) is 14.5 Å². The van der Waals surface area contributed by atoms with Crippen LogP contribution in [0.4, 0.5) is 4.39 Å². The molecule has 0 N–H and O–H groups in total. The summed E-state index contributed by atoms with van der Waals surface area (Å²) >= 11 is 1.28. The Morgan fingerprint density at radius 2 is 1.79 bits per heavy atom. The molecule has 6 rings (SSSR count). The number of ether oxygens (including phenoxy) is 2. The lowest BCUT2D eigenvalue weighted by molar-refractivity contribution is -0.143. The molecule has 0 fully saturated rings. The Bertz CT molecular complexity index is 2050. The molecule has 0 spiro atoms.